The first-order chi connectivity index (χ1) is 10.1. The van der Waals surface area contributed by atoms with Gasteiger partial charge in [0.2, 0.25) is 0 Å². The molecular weight excluding hydrogens is 276 g/mol. The van der Waals surface area contributed by atoms with E-state index in [0.29, 0.717) is 23.6 Å². The smallest absolute Gasteiger partial charge is 0.151 e. The Morgan fingerprint density at radius 1 is 1.10 bits per heavy atom. The molecule has 0 bridgehead atoms. The summed E-state index contributed by atoms with van der Waals surface area (Å²) in [5, 5.41) is 17.8. The van der Waals surface area contributed by atoms with Gasteiger partial charge in [0.1, 0.15) is 11.6 Å². The quantitative estimate of drug-likeness (QED) is 0.923. The van der Waals surface area contributed by atoms with Crippen LogP contribution in [0, 0.1) is 11.6 Å². The van der Waals surface area contributed by atoms with Gasteiger partial charge in [-0.25, -0.2) is 8.78 Å². The normalized spacial score (nSPS) is 18.8. The van der Waals surface area contributed by atoms with Crippen LogP contribution in [-0.2, 0) is 0 Å². The van der Waals surface area contributed by atoms with Gasteiger partial charge >= 0.3 is 0 Å². The molecule has 2 aromatic rings. The summed E-state index contributed by atoms with van der Waals surface area (Å²) in [7, 11) is 0. The molecule has 21 heavy (non-hydrogen) atoms. The van der Waals surface area contributed by atoms with Crippen LogP contribution >= 0.6 is 0 Å². The second kappa shape index (κ2) is 5.73. The molecule has 1 atom stereocenters. The Labute approximate surface area is 121 Å². The van der Waals surface area contributed by atoms with Crippen LogP contribution in [0.4, 0.5) is 14.6 Å². The van der Waals surface area contributed by atoms with Crippen molar-refractivity contribution < 1.29 is 13.9 Å². The summed E-state index contributed by atoms with van der Waals surface area (Å²) < 4.78 is 26.4. The number of rotatable bonds is 2. The lowest BCUT2D eigenvalue weighted by Crippen LogP contribution is -2.38. The van der Waals surface area contributed by atoms with Gasteiger partial charge in [-0.3, -0.25) is 0 Å². The third-order valence-electron chi connectivity index (χ3n) is 3.53. The molecule has 0 radical (unpaired) electrons. The molecule has 110 valence electrons. The molecule has 1 unspecified atom stereocenters. The fraction of sp³-hybridized carbons (Fsp3) is 0.333. The van der Waals surface area contributed by atoms with Crippen LogP contribution in [0.15, 0.2) is 30.3 Å². The molecule has 3 rings (SSSR count). The predicted octanol–water partition coefficient (Wildman–Crippen LogP) is 2.38. The molecule has 0 spiro atoms. The van der Waals surface area contributed by atoms with Crippen molar-refractivity contribution in [2.45, 2.75) is 18.9 Å². The van der Waals surface area contributed by atoms with Crippen molar-refractivity contribution in [2.75, 3.05) is 18.0 Å². The summed E-state index contributed by atoms with van der Waals surface area (Å²) in [5.41, 5.74) is 0.764. The zero-order valence-corrected chi connectivity index (χ0v) is 11.3. The number of aliphatic hydroxyl groups is 1. The Bertz CT molecular complexity index is 613. The summed E-state index contributed by atoms with van der Waals surface area (Å²) in [6.07, 6.45) is 1.35. The van der Waals surface area contributed by atoms with Gasteiger partial charge in [0.05, 0.1) is 11.8 Å². The molecule has 0 amide bonds. The average molecular weight is 291 g/mol. The monoisotopic (exact) mass is 291 g/mol. The third-order valence-corrected chi connectivity index (χ3v) is 3.53. The molecule has 1 N–H and O–H groups in total. The van der Waals surface area contributed by atoms with E-state index in [2.05, 4.69) is 10.2 Å². The first-order valence-electron chi connectivity index (χ1n) is 6.85. The Balaban J connectivity index is 1.83. The molecule has 1 aliphatic heterocycles. The largest absolute Gasteiger partial charge is 0.391 e. The van der Waals surface area contributed by atoms with Crippen molar-refractivity contribution >= 4 is 5.82 Å². The molecule has 2 heterocycles. The summed E-state index contributed by atoms with van der Waals surface area (Å²) in [6, 6.07) is 6.69. The number of aliphatic hydroxyl groups excluding tert-OH is 1. The SMILES string of the molecule is OC1CCCN(c2ccc(-c3cc(F)cc(F)c3)nn2)C1. The van der Waals surface area contributed by atoms with E-state index in [4.69, 9.17) is 0 Å². The Morgan fingerprint density at radius 2 is 1.86 bits per heavy atom. The number of benzene rings is 1. The van der Waals surface area contributed by atoms with Gasteiger partial charge in [0.25, 0.3) is 0 Å². The van der Waals surface area contributed by atoms with Crippen LogP contribution < -0.4 is 4.90 Å². The molecule has 4 nitrogen and oxygen atoms in total. The van der Waals surface area contributed by atoms with Crippen molar-refractivity contribution in [3.63, 3.8) is 0 Å². The van der Waals surface area contributed by atoms with Gasteiger partial charge in [-0.05, 0) is 37.1 Å². The van der Waals surface area contributed by atoms with Gasteiger partial charge in [-0.2, -0.15) is 0 Å². The summed E-state index contributed by atoms with van der Waals surface area (Å²) in [6.45, 7) is 1.35. The predicted molar refractivity (Wildman–Crippen MR) is 74.8 cm³/mol. The minimum Gasteiger partial charge on any atom is -0.391 e. The van der Waals surface area contributed by atoms with Crippen molar-refractivity contribution in [3.8, 4) is 11.3 Å². The standard InChI is InChI=1S/C15H15F2N3O/c16-11-6-10(7-12(17)8-11)14-3-4-15(19-18-14)20-5-1-2-13(21)9-20/h3-4,6-8,13,21H,1-2,5,9H2. The van der Waals surface area contributed by atoms with E-state index in [-0.39, 0.29) is 6.10 Å². The second-order valence-corrected chi connectivity index (χ2v) is 5.18. The second-order valence-electron chi connectivity index (χ2n) is 5.18. The molecule has 1 aromatic carbocycles. The molecule has 0 aliphatic carbocycles. The molecule has 1 aromatic heterocycles. The highest BCUT2D eigenvalue weighted by Crippen LogP contribution is 2.22. The Hall–Kier alpha value is -2.08. The van der Waals surface area contributed by atoms with Crippen LogP contribution in [0.1, 0.15) is 12.8 Å². The number of aromatic nitrogens is 2. The number of nitrogens with zero attached hydrogens (tertiary/aromatic N) is 3. The maximum atomic E-state index is 13.2. The van der Waals surface area contributed by atoms with Crippen molar-refractivity contribution in [3.05, 3.63) is 42.0 Å². The fourth-order valence-corrected chi connectivity index (χ4v) is 2.51. The maximum Gasteiger partial charge on any atom is 0.151 e. The summed E-state index contributed by atoms with van der Waals surface area (Å²) >= 11 is 0. The number of halogens is 2. The van der Waals surface area contributed by atoms with Crippen LogP contribution in [0.5, 0.6) is 0 Å². The van der Waals surface area contributed by atoms with Crippen LogP contribution in [0.25, 0.3) is 11.3 Å². The van der Waals surface area contributed by atoms with E-state index >= 15 is 0 Å². The zero-order chi connectivity index (χ0) is 14.8. The lowest BCUT2D eigenvalue weighted by atomic mass is 10.1. The molecular formula is C15H15F2N3O. The number of β-amino-alcohol motifs (C(OH)–C–C–N with tert-alkyl or cyclic N) is 1. The lowest BCUT2D eigenvalue weighted by molar-refractivity contribution is 0.154. The minimum atomic E-state index is -0.643. The highest BCUT2D eigenvalue weighted by atomic mass is 19.1. The van der Waals surface area contributed by atoms with Gasteiger partial charge < -0.3 is 10.0 Å². The maximum absolute atomic E-state index is 13.2. The number of hydrogen-bond donors (Lipinski definition) is 1. The Morgan fingerprint density at radius 3 is 2.48 bits per heavy atom. The minimum absolute atomic E-state index is 0.349. The molecule has 1 fully saturated rings. The molecule has 6 heteroatoms. The zero-order valence-electron chi connectivity index (χ0n) is 11.3. The van der Waals surface area contributed by atoms with E-state index in [1.54, 1.807) is 12.1 Å². The van der Waals surface area contributed by atoms with Gasteiger partial charge in [0.15, 0.2) is 5.82 Å². The van der Waals surface area contributed by atoms with Crippen molar-refractivity contribution in [1.82, 2.24) is 10.2 Å². The van der Waals surface area contributed by atoms with Gasteiger partial charge in [-0.1, -0.05) is 0 Å². The molecule has 1 saturated heterocycles. The Kier molecular flexibility index (Phi) is 3.79. The van der Waals surface area contributed by atoms with Crippen LogP contribution in [0.2, 0.25) is 0 Å². The average Bonchev–Trinajstić information content (AvgIpc) is 2.46. The van der Waals surface area contributed by atoms with E-state index in [1.807, 2.05) is 4.90 Å². The lowest BCUT2D eigenvalue weighted by Gasteiger charge is -2.30. The van der Waals surface area contributed by atoms with Crippen LogP contribution in [0.3, 0.4) is 0 Å². The molecule has 1 aliphatic rings. The van der Waals surface area contributed by atoms with E-state index in [9.17, 15) is 13.9 Å². The van der Waals surface area contributed by atoms with Crippen molar-refractivity contribution in [2.24, 2.45) is 0 Å². The summed E-state index contributed by atoms with van der Waals surface area (Å²) in [5.74, 6) is -0.626. The summed E-state index contributed by atoms with van der Waals surface area (Å²) in [4.78, 5) is 1.96. The van der Waals surface area contributed by atoms with E-state index in [0.717, 1.165) is 25.5 Å². The number of hydrogen-bond acceptors (Lipinski definition) is 4. The third kappa shape index (κ3) is 3.16. The fourth-order valence-electron chi connectivity index (χ4n) is 2.51. The van der Waals surface area contributed by atoms with E-state index < -0.39 is 11.6 Å². The first-order valence-corrected chi connectivity index (χ1v) is 6.85. The van der Waals surface area contributed by atoms with Gasteiger partial charge in [-0.15, -0.1) is 10.2 Å². The van der Waals surface area contributed by atoms with Crippen LogP contribution in [-0.4, -0.2) is 34.5 Å². The van der Waals surface area contributed by atoms with Crippen molar-refractivity contribution in [1.29, 1.82) is 0 Å². The number of piperidine rings is 1. The molecule has 0 saturated carbocycles. The van der Waals surface area contributed by atoms with Gasteiger partial charge in [0, 0.05) is 24.7 Å². The first kappa shape index (κ1) is 13.9. The van der Waals surface area contributed by atoms with E-state index in [1.165, 1.54) is 12.1 Å². The topological polar surface area (TPSA) is 49.2 Å². The highest BCUT2D eigenvalue weighted by Gasteiger charge is 2.19. The highest BCUT2D eigenvalue weighted by molar-refractivity contribution is 5.60. The number of anilines is 1.